The summed E-state index contributed by atoms with van der Waals surface area (Å²) in [6.07, 6.45) is 4.46. The Hall–Kier alpha value is -2.88. The summed E-state index contributed by atoms with van der Waals surface area (Å²) in [6, 6.07) is 3.34. The number of carboxylic acid groups (broad SMARTS) is 1. The van der Waals surface area contributed by atoms with Gasteiger partial charge in [0, 0.05) is 10.5 Å². The van der Waals surface area contributed by atoms with Crippen molar-refractivity contribution in [1.82, 2.24) is 0 Å². The van der Waals surface area contributed by atoms with E-state index in [1.807, 2.05) is 6.92 Å². The molecule has 0 spiro atoms. The molecule has 10 nitrogen and oxygen atoms in total. The molecule has 1 heterocycles. The molecule has 35 heavy (non-hydrogen) atoms. The van der Waals surface area contributed by atoms with Gasteiger partial charge in [-0.2, -0.15) is 0 Å². The molecule has 1 fully saturated rings. The molecule has 1 unspecified atom stereocenters. The molecular weight excluding hydrogens is 454 g/mol. The highest BCUT2D eigenvalue weighted by atomic mass is 16.8. The van der Waals surface area contributed by atoms with Crippen molar-refractivity contribution in [3.8, 4) is 5.75 Å². The van der Waals surface area contributed by atoms with Crippen LogP contribution >= 0.6 is 0 Å². The van der Waals surface area contributed by atoms with E-state index in [9.17, 15) is 20.1 Å². The molecule has 1 aromatic rings. The number of benzene rings is 1. The molecule has 3 N–H and O–H groups in total. The van der Waals surface area contributed by atoms with Gasteiger partial charge in [0.15, 0.2) is 5.79 Å². The molecule has 0 amide bonds. The summed E-state index contributed by atoms with van der Waals surface area (Å²) in [5, 5.41) is 33.6. The number of ether oxygens (including phenoxy) is 3. The predicted molar refractivity (Wildman–Crippen MR) is 131 cm³/mol. The van der Waals surface area contributed by atoms with E-state index in [-0.39, 0.29) is 24.6 Å². The van der Waals surface area contributed by atoms with Crippen LogP contribution < -0.4 is 4.74 Å². The van der Waals surface area contributed by atoms with Gasteiger partial charge in [0.1, 0.15) is 18.0 Å². The fraction of sp³-hybridized carbons (Fsp3) is 0.560. The highest BCUT2D eigenvalue weighted by Gasteiger charge is 2.43. The molecule has 1 aromatic carbocycles. The Morgan fingerprint density at radius 3 is 2.63 bits per heavy atom. The van der Waals surface area contributed by atoms with Crippen LogP contribution in [0.3, 0.4) is 0 Å². The Kier molecular flexibility index (Phi) is 10.3. The number of aliphatic hydroxyl groups excluding tert-OH is 2. The normalized spacial score (nSPS) is 22.1. The smallest absolute Gasteiger partial charge is 0.336 e. The highest BCUT2D eigenvalue weighted by molar-refractivity contribution is 5.95. The number of carbonyl (C=O) groups is 1. The molecular formula is C25H35N3O7. The summed E-state index contributed by atoms with van der Waals surface area (Å²) in [7, 11) is 0. The van der Waals surface area contributed by atoms with Crippen molar-refractivity contribution in [1.29, 1.82) is 0 Å². The van der Waals surface area contributed by atoms with Gasteiger partial charge in [-0.25, -0.2) is 4.79 Å². The van der Waals surface area contributed by atoms with Gasteiger partial charge >= 0.3 is 5.97 Å². The largest absolute Gasteiger partial charge is 0.493 e. The molecule has 192 valence electrons. The number of aryl methyl sites for hydroxylation is 1. The maximum atomic E-state index is 11.9. The SMILES string of the molecule is Cc1ccc(OCCN=[N+]=[N-])c(/C=C/C[C@@H]2OC(C)(C)O[C@@H]2C(O)/C=C\[C@@H](C)[C@H](C)O)c1C(=O)O. The van der Waals surface area contributed by atoms with E-state index in [1.54, 1.807) is 64.1 Å². The lowest BCUT2D eigenvalue weighted by molar-refractivity contribution is -0.152. The second-order valence-corrected chi connectivity index (χ2v) is 9.03. The summed E-state index contributed by atoms with van der Waals surface area (Å²) >= 11 is 0. The molecule has 0 aromatic heterocycles. The van der Waals surface area contributed by atoms with Gasteiger partial charge in [0.05, 0.1) is 30.9 Å². The molecule has 2 rings (SSSR count). The van der Waals surface area contributed by atoms with Crippen molar-refractivity contribution >= 4 is 12.0 Å². The summed E-state index contributed by atoms with van der Waals surface area (Å²) in [4.78, 5) is 14.6. The van der Waals surface area contributed by atoms with Gasteiger partial charge in [0.2, 0.25) is 0 Å². The fourth-order valence-corrected chi connectivity index (χ4v) is 3.74. The summed E-state index contributed by atoms with van der Waals surface area (Å²) < 4.78 is 17.6. The number of aliphatic hydroxyl groups is 2. The third-order valence-corrected chi connectivity index (χ3v) is 5.72. The Bertz CT molecular complexity index is 984. The first-order valence-electron chi connectivity index (χ1n) is 11.5. The Labute approximate surface area is 205 Å². The highest BCUT2D eigenvalue weighted by Crippen LogP contribution is 2.33. The lowest BCUT2D eigenvalue weighted by Crippen LogP contribution is -2.34. The van der Waals surface area contributed by atoms with Gasteiger partial charge < -0.3 is 29.5 Å². The van der Waals surface area contributed by atoms with Crippen LogP contribution in [0.4, 0.5) is 0 Å². The molecule has 0 saturated carbocycles. The van der Waals surface area contributed by atoms with Crippen LogP contribution in [-0.4, -0.2) is 64.6 Å². The second kappa shape index (κ2) is 12.7. The standard InChI is InChI=1S/C25H35N3O7/c1-15(17(3)29)9-11-19(30)23-21(34-25(4,5)35-23)8-6-7-18-20(33-14-13-27-28-26)12-10-16(2)22(18)24(31)32/h6-7,9-12,15,17,19,21,23,29-30H,8,13-14H2,1-5H3,(H,31,32)/b7-6+,11-9-/t15-,17+,19?,21+,23-/m1/s1. The minimum atomic E-state index is -1.09. The average Bonchev–Trinajstić information content (AvgIpc) is 3.09. The van der Waals surface area contributed by atoms with Crippen molar-refractivity contribution in [2.24, 2.45) is 11.0 Å². The van der Waals surface area contributed by atoms with Crippen LogP contribution in [0.1, 0.15) is 55.6 Å². The zero-order chi connectivity index (χ0) is 26.2. The molecule has 5 atom stereocenters. The van der Waals surface area contributed by atoms with Gasteiger partial charge in [-0.15, -0.1) is 0 Å². The van der Waals surface area contributed by atoms with E-state index in [0.29, 0.717) is 23.3 Å². The first-order chi connectivity index (χ1) is 16.5. The lowest BCUT2D eigenvalue weighted by Gasteiger charge is -2.20. The van der Waals surface area contributed by atoms with Crippen molar-refractivity contribution in [3.05, 3.63) is 57.5 Å². The lowest BCUT2D eigenvalue weighted by atomic mass is 9.98. The number of rotatable bonds is 12. The summed E-state index contributed by atoms with van der Waals surface area (Å²) in [5.74, 6) is -1.77. The quantitative estimate of drug-likeness (QED) is 0.130. The Balaban J connectivity index is 2.25. The third kappa shape index (κ3) is 8.09. The van der Waals surface area contributed by atoms with E-state index in [0.717, 1.165) is 0 Å². The van der Waals surface area contributed by atoms with Crippen LogP contribution in [-0.2, 0) is 9.47 Å². The number of azide groups is 1. The van der Waals surface area contributed by atoms with E-state index in [1.165, 1.54) is 0 Å². The number of hydrogen-bond donors (Lipinski definition) is 3. The van der Waals surface area contributed by atoms with Crippen molar-refractivity contribution in [3.63, 3.8) is 0 Å². The van der Waals surface area contributed by atoms with Crippen molar-refractivity contribution in [2.45, 2.75) is 71.2 Å². The summed E-state index contributed by atoms with van der Waals surface area (Å²) in [5.41, 5.74) is 9.51. The predicted octanol–water partition coefficient (Wildman–Crippen LogP) is 4.24. The molecule has 0 aliphatic carbocycles. The molecule has 1 aliphatic heterocycles. The molecule has 1 aliphatic rings. The van der Waals surface area contributed by atoms with Crippen LogP contribution in [0.5, 0.6) is 5.75 Å². The van der Waals surface area contributed by atoms with Crippen LogP contribution in [0.2, 0.25) is 0 Å². The molecule has 0 radical (unpaired) electrons. The number of hydrogen-bond acceptors (Lipinski definition) is 7. The first-order valence-corrected chi connectivity index (χ1v) is 11.5. The molecule has 0 bridgehead atoms. The van der Waals surface area contributed by atoms with Gasteiger partial charge in [-0.1, -0.05) is 42.4 Å². The van der Waals surface area contributed by atoms with Crippen molar-refractivity contribution in [2.75, 3.05) is 13.2 Å². The van der Waals surface area contributed by atoms with Gasteiger partial charge in [-0.05, 0) is 57.2 Å². The van der Waals surface area contributed by atoms with E-state index in [2.05, 4.69) is 10.0 Å². The average molecular weight is 490 g/mol. The number of aromatic carboxylic acids is 1. The van der Waals surface area contributed by atoms with Crippen LogP contribution in [0.15, 0.2) is 35.5 Å². The maximum Gasteiger partial charge on any atom is 0.336 e. The molecule has 10 heteroatoms. The molecule has 1 saturated heterocycles. The number of carboxylic acids is 1. The second-order valence-electron chi connectivity index (χ2n) is 9.03. The van der Waals surface area contributed by atoms with Gasteiger partial charge in [0.25, 0.3) is 0 Å². The minimum absolute atomic E-state index is 0.103. The first kappa shape index (κ1) is 28.4. The van der Waals surface area contributed by atoms with Gasteiger partial charge in [-0.3, -0.25) is 0 Å². The summed E-state index contributed by atoms with van der Waals surface area (Å²) in [6.45, 7) is 8.96. The zero-order valence-corrected chi connectivity index (χ0v) is 20.8. The van der Waals surface area contributed by atoms with Crippen molar-refractivity contribution < 1.29 is 34.3 Å². The van der Waals surface area contributed by atoms with E-state index < -0.39 is 36.2 Å². The topological polar surface area (TPSA) is 154 Å². The maximum absolute atomic E-state index is 11.9. The van der Waals surface area contributed by atoms with E-state index >= 15 is 0 Å². The monoisotopic (exact) mass is 489 g/mol. The Morgan fingerprint density at radius 1 is 1.29 bits per heavy atom. The minimum Gasteiger partial charge on any atom is -0.493 e. The zero-order valence-electron chi connectivity index (χ0n) is 20.8. The number of nitrogens with zero attached hydrogens (tertiary/aromatic N) is 3. The fourth-order valence-electron chi connectivity index (χ4n) is 3.74. The Morgan fingerprint density at radius 2 is 2.00 bits per heavy atom. The van der Waals surface area contributed by atoms with Crippen LogP contribution in [0, 0.1) is 12.8 Å². The van der Waals surface area contributed by atoms with E-state index in [4.69, 9.17) is 19.7 Å². The third-order valence-electron chi connectivity index (χ3n) is 5.72. The van der Waals surface area contributed by atoms with Crippen LogP contribution in [0.25, 0.3) is 16.5 Å².